The van der Waals surface area contributed by atoms with Crippen LogP contribution in [0.2, 0.25) is 0 Å². The molecule has 0 saturated heterocycles. The summed E-state index contributed by atoms with van der Waals surface area (Å²) in [6.07, 6.45) is 5.28. The summed E-state index contributed by atoms with van der Waals surface area (Å²) in [7, 11) is 0. The number of rotatable bonds is 4. The van der Waals surface area contributed by atoms with Gasteiger partial charge in [0.05, 0.1) is 12.2 Å². The van der Waals surface area contributed by atoms with Crippen LogP contribution in [0.4, 0.5) is 5.82 Å². The molecule has 0 unspecified atom stereocenters. The number of hydrogen-bond acceptors (Lipinski definition) is 5. The molecule has 0 radical (unpaired) electrons. The van der Waals surface area contributed by atoms with Crippen LogP contribution >= 0.6 is 0 Å². The lowest BCUT2D eigenvalue weighted by Crippen LogP contribution is -2.36. The van der Waals surface area contributed by atoms with Crippen LogP contribution in [0.1, 0.15) is 21.7 Å². The molecule has 0 fully saturated rings. The molecule has 0 spiro atoms. The number of carbonyl (C=O) groups excluding carboxylic acids is 1. The van der Waals surface area contributed by atoms with Crippen LogP contribution in [-0.4, -0.2) is 43.6 Å². The van der Waals surface area contributed by atoms with Gasteiger partial charge in [0.25, 0.3) is 5.91 Å². The van der Waals surface area contributed by atoms with Crippen LogP contribution in [0.15, 0.2) is 55.0 Å². The van der Waals surface area contributed by atoms with E-state index in [0.717, 1.165) is 23.6 Å². The number of aromatic nitrogens is 4. The minimum atomic E-state index is -0.0486. The Bertz CT molecular complexity index is 906. The van der Waals surface area contributed by atoms with E-state index in [0.29, 0.717) is 25.3 Å². The third kappa shape index (κ3) is 3.97. The first-order valence-corrected chi connectivity index (χ1v) is 9.06. The minimum Gasteiger partial charge on any atom is -0.370 e. The van der Waals surface area contributed by atoms with Crippen molar-refractivity contribution in [1.82, 2.24) is 24.6 Å². The fourth-order valence-electron chi connectivity index (χ4n) is 3.29. The zero-order chi connectivity index (χ0) is 18.6. The van der Waals surface area contributed by atoms with E-state index in [1.165, 1.54) is 0 Å². The molecule has 0 aromatic carbocycles. The number of hydrogen-bond donors (Lipinski definition) is 1. The Hall–Kier alpha value is -3.22. The topological polar surface area (TPSA) is 75.9 Å². The second-order valence-electron chi connectivity index (χ2n) is 6.87. The minimum absolute atomic E-state index is 0.0486. The molecule has 1 N–H and O–H groups in total. The SMILES string of the molecule is Cc1ccc(C(=O)N2Cc3ccnn3C[C@@H](CNc3ccccn3)C2)nc1. The summed E-state index contributed by atoms with van der Waals surface area (Å²) in [6.45, 7) is 4.60. The third-order valence-electron chi connectivity index (χ3n) is 4.72. The van der Waals surface area contributed by atoms with Crippen molar-refractivity contribution < 1.29 is 4.79 Å². The van der Waals surface area contributed by atoms with Crippen LogP contribution in [0.5, 0.6) is 0 Å². The first-order valence-electron chi connectivity index (χ1n) is 9.06. The van der Waals surface area contributed by atoms with E-state index in [9.17, 15) is 4.79 Å². The molecule has 1 aliphatic rings. The smallest absolute Gasteiger partial charge is 0.272 e. The van der Waals surface area contributed by atoms with Crippen molar-refractivity contribution in [1.29, 1.82) is 0 Å². The van der Waals surface area contributed by atoms with Crippen molar-refractivity contribution in [2.75, 3.05) is 18.4 Å². The number of pyridine rings is 2. The largest absolute Gasteiger partial charge is 0.370 e. The van der Waals surface area contributed by atoms with Gasteiger partial charge in [-0.3, -0.25) is 14.5 Å². The number of anilines is 1. The summed E-state index contributed by atoms with van der Waals surface area (Å²) in [6, 6.07) is 11.5. The highest BCUT2D eigenvalue weighted by molar-refractivity contribution is 5.92. The van der Waals surface area contributed by atoms with Crippen LogP contribution in [0, 0.1) is 12.8 Å². The molecule has 3 aromatic rings. The highest BCUT2D eigenvalue weighted by atomic mass is 16.2. The van der Waals surface area contributed by atoms with Gasteiger partial charge >= 0.3 is 0 Å². The molecular weight excluding hydrogens is 340 g/mol. The molecule has 4 heterocycles. The predicted octanol–water partition coefficient (Wildman–Crippen LogP) is 2.37. The number of aryl methyl sites for hydroxylation is 1. The molecule has 1 amide bonds. The van der Waals surface area contributed by atoms with Gasteiger partial charge in [-0.15, -0.1) is 0 Å². The molecule has 0 bridgehead atoms. The highest BCUT2D eigenvalue weighted by Crippen LogP contribution is 2.18. The van der Waals surface area contributed by atoms with Gasteiger partial charge in [-0.2, -0.15) is 5.10 Å². The van der Waals surface area contributed by atoms with Crippen molar-refractivity contribution in [3.63, 3.8) is 0 Å². The number of fused-ring (bicyclic) bond motifs is 1. The number of nitrogens with zero attached hydrogens (tertiary/aromatic N) is 5. The summed E-state index contributed by atoms with van der Waals surface area (Å²) in [4.78, 5) is 23.5. The summed E-state index contributed by atoms with van der Waals surface area (Å²) in [5.74, 6) is 0.996. The van der Waals surface area contributed by atoms with Crippen molar-refractivity contribution in [2.24, 2.45) is 5.92 Å². The van der Waals surface area contributed by atoms with E-state index in [-0.39, 0.29) is 11.8 Å². The summed E-state index contributed by atoms with van der Waals surface area (Å²) in [5, 5.41) is 7.79. The van der Waals surface area contributed by atoms with Gasteiger partial charge in [0.15, 0.2) is 0 Å². The summed E-state index contributed by atoms with van der Waals surface area (Å²) < 4.78 is 1.99. The molecule has 7 nitrogen and oxygen atoms in total. The second-order valence-corrected chi connectivity index (χ2v) is 6.87. The molecule has 138 valence electrons. The first-order chi connectivity index (χ1) is 13.2. The summed E-state index contributed by atoms with van der Waals surface area (Å²) in [5.41, 5.74) is 2.55. The van der Waals surface area contributed by atoms with E-state index in [1.54, 1.807) is 24.7 Å². The average molecular weight is 362 g/mol. The maximum absolute atomic E-state index is 13.0. The first kappa shape index (κ1) is 17.2. The molecule has 0 aliphatic carbocycles. The summed E-state index contributed by atoms with van der Waals surface area (Å²) >= 11 is 0. The monoisotopic (exact) mass is 362 g/mol. The highest BCUT2D eigenvalue weighted by Gasteiger charge is 2.26. The molecular formula is C20H22N6O. The molecule has 0 saturated carbocycles. The van der Waals surface area contributed by atoms with Gasteiger partial charge in [-0.1, -0.05) is 12.1 Å². The van der Waals surface area contributed by atoms with Gasteiger partial charge in [-0.25, -0.2) is 4.98 Å². The van der Waals surface area contributed by atoms with Crippen molar-refractivity contribution in [3.8, 4) is 0 Å². The van der Waals surface area contributed by atoms with Crippen molar-refractivity contribution in [3.05, 3.63) is 71.9 Å². The maximum atomic E-state index is 13.0. The number of carbonyl (C=O) groups is 1. The van der Waals surface area contributed by atoms with Crippen LogP contribution in [0.3, 0.4) is 0 Å². The second kappa shape index (κ2) is 7.57. The Kier molecular flexibility index (Phi) is 4.82. The molecule has 3 aromatic heterocycles. The van der Waals surface area contributed by atoms with E-state index < -0.39 is 0 Å². The van der Waals surface area contributed by atoms with Crippen molar-refractivity contribution >= 4 is 11.7 Å². The molecule has 1 aliphatic heterocycles. The average Bonchev–Trinajstić information content (AvgIpc) is 3.05. The molecule has 7 heteroatoms. The molecule has 1 atom stereocenters. The standard InChI is InChI=1S/C20H22N6O/c1-15-5-6-18(22-10-15)20(27)25-12-16(11-23-19-4-2-3-8-21-19)13-26-17(14-25)7-9-24-26/h2-10,16H,11-14H2,1H3,(H,21,23)/t16-/m0/s1. The quantitative estimate of drug-likeness (QED) is 0.771. The fraction of sp³-hybridized carbons (Fsp3) is 0.300. The Labute approximate surface area is 158 Å². The normalized spacial score (nSPS) is 16.5. The van der Waals surface area contributed by atoms with E-state index in [4.69, 9.17) is 0 Å². The predicted molar refractivity (Wildman–Crippen MR) is 102 cm³/mol. The van der Waals surface area contributed by atoms with E-state index in [1.807, 2.05) is 46.8 Å². The molecule has 27 heavy (non-hydrogen) atoms. The van der Waals surface area contributed by atoms with Crippen LogP contribution < -0.4 is 5.32 Å². The number of amides is 1. The zero-order valence-electron chi connectivity index (χ0n) is 15.2. The number of nitrogens with one attached hydrogen (secondary N) is 1. The third-order valence-corrected chi connectivity index (χ3v) is 4.72. The maximum Gasteiger partial charge on any atom is 0.272 e. The lowest BCUT2D eigenvalue weighted by Gasteiger charge is -2.24. The Morgan fingerprint density at radius 1 is 1.15 bits per heavy atom. The van der Waals surface area contributed by atoms with Gasteiger partial charge in [0.1, 0.15) is 11.5 Å². The van der Waals surface area contributed by atoms with Crippen LogP contribution in [-0.2, 0) is 13.1 Å². The lowest BCUT2D eigenvalue weighted by atomic mass is 10.1. The zero-order valence-corrected chi connectivity index (χ0v) is 15.2. The van der Waals surface area contributed by atoms with Crippen molar-refractivity contribution in [2.45, 2.75) is 20.0 Å². The Morgan fingerprint density at radius 2 is 2.07 bits per heavy atom. The van der Waals surface area contributed by atoms with Gasteiger partial charge < -0.3 is 10.2 Å². The van der Waals surface area contributed by atoms with Gasteiger partial charge in [0.2, 0.25) is 0 Å². The van der Waals surface area contributed by atoms with Crippen LogP contribution in [0.25, 0.3) is 0 Å². The van der Waals surface area contributed by atoms with E-state index >= 15 is 0 Å². The fourth-order valence-corrected chi connectivity index (χ4v) is 3.29. The Balaban J connectivity index is 1.53. The molecule has 4 rings (SSSR count). The lowest BCUT2D eigenvalue weighted by molar-refractivity contribution is 0.0718. The van der Waals surface area contributed by atoms with E-state index in [2.05, 4.69) is 20.4 Å². The van der Waals surface area contributed by atoms with Gasteiger partial charge in [0, 0.05) is 44.1 Å². The Morgan fingerprint density at radius 3 is 2.85 bits per heavy atom. The van der Waals surface area contributed by atoms with Gasteiger partial charge in [-0.05, 0) is 36.8 Å².